The first-order valence-corrected chi connectivity index (χ1v) is 9.34. The van der Waals surface area contributed by atoms with E-state index in [0.717, 1.165) is 17.9 Å². The zero-order valence-electron chi connectivity index (χ0n) is 12.4. The van der Waals surface area contributed by atoms with E-state index in [1.807, 2.05) is 16.7 Å². The third-order valence-electron chi connectivity index (χ3n) is 6.02. The molecule has 0 spiro atoms. The van der Waals surface area contributed by atoms with Crippen LogP contribution in [0.15, 0.2) is 0 Å². The van der Waals surface area contributed by atoms with Crippen LogP contribution in [0.1, 0.15) is 19.3 Å². The van der Waals surface area contributed by atoms with E-state index in [1.54, 1.807) is 0 Å². The molecule has 1 N–H and O–H groups in total. The number of thioether (sulfide) groups is 1. The molecule has 4 fully saturated rings. The molecule has 5 nitrogen and oxygen atoms in total. The zero-order chi connectivity index (χ0) is 15.4. The highest BCUT2D eigenvalue weighted by atomic mass is 32.2. The van der Waals surface area contributed by atoms with Crippen LogP contribution in [0.25, 0.3) is 0 Å². The van der Waals surface area contributed by atoms with E-state index in [4.69, 9.17) is 5.11 Å². The second kappa shape index (κ2) is 5.25. The molecule has 0 aromatic heterocycles. The van der Waals surface area contributed by atoms with Gasteiger partial charge in [0.25, 0.3) is 0 Å². The van der Waals surface area contributed by atoms with Crippen LogP contribution in [0.3, 0.4) is 0 Å². The summed E-state index contributed by atoms with van der Waals surface area (Å²) in [5.41, 5.74) is 0. The molecule has 2 saturated heterocycles. The Labute approximate surface area is 133 Å². The normalized spacial score (nSPS) is 43.5. The predicted molar refractivity (Wildman–Crippen MR) is 81.3 cm³/mol. The highest BCUT2D eigenvalue weighted by molar-refractivity contribution is 7.99. The molecular weight excluding hydrogens is 302 g/mol. The molecule has 2 unspecified atom stereocenters. The van der Waals surface area contributed by atoms with Gasteiger partial charge in [0.2, 0.25) is 5.91 Å². The van der Waals surface area contributed by atoms with Gasteiger partial charge >= 0.3 is 5.97 Å². The molecule has 2 heterocycles. The van der Waals surface area contributed by atoms with E-state index < -0.39 is 5.97 Å². The van der Waals surface area contributed by atoms with Crippen LogP contribution in [-0.2, 0) is 14.4 Å². The third-order valence-corrected chi connectivity index (χ3v) is 7.30. The lowest BCUT2D eigenvalue weighted by atomic mass is 9.74. The Kier molecular flexibility index (Phi) is 3.47. The van der Waals surface area contributed by atoms with Crippen molar-refractivity contribution in [1.29, 1.82) is 0 Å². The van der Waals surface area contributed by atoms with Gasteiger partial charge in [-0.3, -0.25) is 14.4 Å². The molecule has 1 amide bonds. The van der Waals surface area contributed by atoms with Gasteiger partial charge in [-0.1, -0.05) is 0 Å². The molecule has 120 valence electrons. The summed E-state index contributed by atoms with van der Waals surface area (Å²) in [7, 11) is 0. The van der Waals surface area contributed by atoms with Crippen molar-refractivity contribution in [1.82, 2.24) is 4.90 Å². The highest BCUT2D eigenvalue weighted by Crippen LogP contribution is 2.52. The average Bonchev–Trinajstić information content (AvgIpc) is 3.19. The molecule has 2 bridgehead atoms. The number of rotatable bonds is 2. The van der Waals surface area contributed by atoms with Crippen molar-refractivity contribution in [3.8, 4) is 0 Å². The standard InChI is InChI=1S/C16H21NO4S/c18-14-9-3-8(4-10(14)7-22-6-9)15(19)17-2-1-11-12(5-17)13(11)16(20)21/h8-13H,1-7H2,(H,20,21)/t8?,9?,10?,11-,12+,13-/m1/s1. The maximum atomic E-state index is 12.8. The number of carbonyl (C=O) groups is 3. The Morgan fingerprint density at radius 1 is 1.14 bits per heavy atom. The van der Waals surface area contributed by atoms with Crippen LogP contribution in [-0.4, -0.2) is 52.3 Å². The molecule has 4 rings (SSSR count). The monoisotopic (exact) mass is 323 g/mol. The van der Waals surface area contributed by atoms with Gasteiger partial charge in [-0.25, -0.2) is 0 Å². The first kappa shape index (κ1) is 14.5. The summed E-state index contributed by atoms with van der Waals surface area (Å²) in [6.07, 6.45) is 2.23. The lowest BCUT2D eigenvalue weighted by Crippen LogP contribution is -2.47. The van der Waals surface area contributed by atoms with Gasteiger partial charge in [-0.05, 0) is 31.1 Å². The molecule has 2 aliphatic carbocycles. The fourth-order valence-electron chi connectivity index (χ4n) is 4.77. The highest BCUT2D eigenvalue weighted by Gasteiger charge is 2.57. The largest absolute Gasteiger partial charge is 0.481 e. The second-order valence-electron chi connectivity index (χ2n) is 7.27. The van der Waals surface area contributed by atoms with E-state index >= 15 is 0 Å². The summed E-state index contributed by atoms with van der Waals surface area (Å²) in [5, 5.41) is 9.15. The third kappa shape index (κ3) is 2.27. The molecule has 5 atom stereocenters. The first-order chi connectivity index (χ1) is 10.6. The van der Waals surface area contributed by atoms with Crippen LogP contribution in [0.2, 0.25) is 0 Å². The minimum Gasteiger partial charge on any atom is -0.481 e. The summed E-state index contributed by atoms with van der Waals surface area (Å²) >= 11 is 1.84. The van der Waals surface area contributed by atoms with Crippen molar-refractivity contribution in [3.63, 3.8) is 0 Å². The van der Waals surface area contributed by atoms with Crippen molar-refractivity contribution in [3.05, 3.63) is 0 Å². The van der Waals surface area contributed by atoms with Gasteiger partial charge < -0.3 is 10.0 Å². The summed E-state index contributed by atoms with van der Waals surface area (Å²) < 4.78 is 0. The number of Topliss-reactive ketones (excluding diaryl/α,β-unsaturated/α-hetero) is 1. The Morgan fingerprint density at radius 3 is 2.45 bits per heavy atom. The van der Waals surface area contributed by atoms with Gasteiger partial charge in [-0.15, -0.1) is 0 Å². The number of nitrogens with zero attached hydrogens (tertiary/aromatic N) is 1. The molecule has 0 radical (unpaired) electrons. The number of carbonyl (C=O) groups excluding carboxylic acids is 2. The molecule has 0 aromatic rings. The van der Waals surface area contributed by atoms with E-state index in [1.165, 1.54) is 0 Å². The number of hydrogen-bond acceptors (Lipinski definition) is 4. The topological polar surface area (TPSA) is 74.7 Å². The van der Waals surface area contributed by atoms with Gasteiger partial charge in [0.1, 0.15) is 5.78 Å². The van der Waals surface area contributed by atoms with Crippen molar-refractivity contribution in [2.45, 2.75) is 19.3 Å². The quantitative estimate of drug-likeness (QED) is 0.824. The lowest BCUT2D eigenvalue weighted by Gasteiger charge is -2.39. The lowest BCUT2D eigenvalue weighted by molar-refractivity contribution is -0.142. The zero-order valence-corrected chi connectivity index (χ0v) is 13.3. The Morgan fingerprint density at radius 2 is 1.82 bits per heavy atom. The summed E-state index contributed by atoms with van der Waals surface area (Å²) in [6, 6.07) is 0. The van der Waals surface area contributed by atoms with Gasteiger partial charge in [0.15, 0.2) is 0 Å². The number of ketones is 1. The van der Waals surface area contributed by atoms with Crippen LogP contribution in [0, 0.1) is 35.5 Å². The number of hydrogen-bond donors (Lipinski definition) is 1. The van der Waals surface area contributed by atoms with Crippen LogP contribution < -0.4 is 0 Å². The van der Waals surface area contributed by atoms with Crippen molar-refractivity contribution >= 4 is 29.4 Å². The molecule has 4 aliphatic rings. The molecule has 0 aromatic carbocycles. The number of amides is 1. The van der Waals surface area contributed by atoms with E-state index in [-0.39, 0.29) is 41.4 Å². The molecule has 2 aliphatic heterocycles. The van der Waals surface area contributed by atoms with E-state index in [2.05, 4.69) is 0 Å². The first-order valence-electron chi connectivity index (χ1n) is 8.19. The molecule has 22 heavy (non-hydrogen) atoms. The SMILES string of the molecule is O=C1C2CSCC1CC(C(=O)N1CC[C@@H]3[C@H](C1)[C@@H]3C(=O)O)C2. The predicted octanol–water partition coefficient (Wildman–Crippen LogP) is 1.12. The number of carboxylic acid groups (broad SMARTS) is 1. The van der Waals surface area contributed by atoms with Crippen LogP contribution >= 0.6 is 11.8 Å². The van der Waals surface area contributed by atoms with Crippen molar-refractivity contribution in [2.75, 3.05) is 24.6 Å². The molecular formula is C16H21NO4S. The fraction of sp³-hybridized carbons (Fsp3) is 0.812. The number of aliphatic carboxylic acids is 1. The average molecular weight is 323 g/mol. The minimum atomic E-state index is -0.709. The molecule has 6 heteroatoms. The van der Waals surface area contributed by atoms with Crippen molar-refractivity contribution in [2.24, 2.45) is 35.5 Å². The molecule has 2 saturated carbocycles. The number of carboxylic acids is 1. The van der Waals surface area contributed by atoms with E-state index in [9.17, 15) is 14.4 Å². The van der Waals surface area contributed by atoms with Crippen LogP contribution in [0.4, 0.5) is 0 Å². The van der Waals surface area contributed by atoms with Gasteiger partial charge in [-0.2, -0.15) is 11.8 Å². The number of likely N-dealkylation sites (tertiary alicyclic amines) is 1. The van der Waals surface area contributed by atoms with E-state index in [0.29, 0.717) is 31.7 Å². The minimum absolute atomic E-state index is 0.0211. The summed E-state index contributed by atoms with van der Waals surface area (Å²) in [4.78, 5) is 37.9. The fourth-order valence-corrected chi connectivity index (χ4v) is 6.07. The Hall–Kier alpha value is -1.04. The van der Waals surface area contributed by atoms with Crippen LogP contribution in [0.5, 0.6) is 0 Å². The summed E-state index contributed by atoms with van der Waals surface area (Å²) in [6.45, 7) is 1.30. The maximum absolute atomic E-state index is 12.8. The van der Waals surface area contributed by atoms with Gasteiger partial charge in [0, 0.05) is 42.3 Å². The Balaban J connectivity index is 1.40. The smallest absolute Gasteiger partial charge is 0.307 e. The summed E-state index contributed by atoms with van der Waals surface area (Å²) in [5.74, 6) is 1.89. The number of fused-ring (bicyclic) bond motifs is 3. The second-order valence-corrected chi connectivity index (χ2v) is 8.34. The number of piperidine rings is 1. The van der Waals surface area contributed by atoms with Gasteiger partial charge in [0.05, 0.1) is 5.92 Å². The van der Waals surface area contributed by atoms with Crippen molar-refractivity contribution < 1.29 is 19.5 Å². The Bertz CT molecular complexity index is 520. The maximum Gasteiger partial charge on any atom is 0.307 e.